The molecule has 0 radical (unpaired) electrons. The number of hydrogen-bond donors (Lipinski definition) is 1. The molecule has 10 heteroatoms. The molecule has 1 rings (SSSR count). The highest BCUT2D eigenvalue weighted by Gasteiger charge is 2.19. The minimum atomic E-state index is -3.83. The largest absolute Gasteiger partial charge is 0.383 e. The molecule has 23 heavy (non-hydrogen) atoms. The van der Waals surface area contributed by atoms with Crippen molar-refractivity contribution in [1.29, 1.82) is 0 Å². The molecule has 0 fully saturated rings. The van der Waals surface area contributed by atoms with Crippen molar-refractivity contribution in [3.63, 3.8) is 0 Å². The van der Waals surface area contributed by atoms with Gasteiger partial charge in [-0.1, -0.05) is 0 Å². The van der Waals surface area contributed by atoms with E-state index in [0.717, 1.165) is 22.7 Å². The second kappa shape index (κ2) is 8.15. The van der Waals surface area contributed by atoms with Gasteiger partial charge in [-0.15, -0.1) is 0 Å². The summed E-state index contributed by atoms with van der Waals surface area (Å²) in [5, 5.41) is 0. The predicted octanol–water partition coefficient (Wildman–Crippen LogP) is 0.320. The summed E-state index contributed by atoms with van der Waals surface area (Å²) in [6.07, 6.45) is 1.04. The third kappa shape index (κ3) is 6.15. The minimum Gasteiger partial charge on any atom is -0.383 e. The van der Waals surface area contributed by atoms with Crippen molar-refractivity contribution in [1.82, 2.24) is 9.03 Å². The summed E-state index contributed by atoms with van der Waals surface area (Å²) in [7, 11) is -5.85. The monoisotopic (exact) mass is 368 g/mol. The fourth-order valence-electron chi connectivity index (χ4n) is 1.81. The van der Waals surface area contributed by atoms with E-state index in [0.29, 0.717) is 0 Å². The lowest BCUT2D eigenvalue weighted by Gasteiger charge is -2.19. The van der Waals surface area contributed by atoms with Crippen molar-refractivity contribution >= 4 is 20.0 Å². The van der Waals surface area contributed by atoms with Crippen LogP contribution in [0.3, 0.4) is 0 Å². The standard InChI is InChI=1S/C13H21FN2O5S2/c1-11-10-12(4-5-13(11)14)23(19,20)15-6-7-16(8-9-21-2)22(3,17)18/h4-5,10,15H,6-9H2,1-3H3. The van der Waals surface area contributed by atoms with Gasteiger partial charge in [0.15, 0.2) is 0 Å². The summed E-state index contributed by atoms with van der Waals surface area (Å²) in [6.45, 7) is 1.67. The molecule has 0 amide bonds. The lowest BCUT2D eigenvalue weighted by atomic mass is 10.2. The number of nitrogens with zero attached hydrogens (tertiary/aromatic N) is 1. The van der Waals surface area contributed by atoms with Crippen LogP contribution in [0.25, 0.3) is 0 Å². The molecule has 1 aromatic rings. The predicted molar refractivity (Wildman–Crippen MR) is 84.6 cm³/mol. The molecule has 132 valence electrons. The van der Waals surface area contributed by atoms with Gasteiger partial charge in [0.1, 0.15) is 5.82 Å². The number of ether oxygens (including phenoxy) is 1. The van der Waals surface area contributed by atoms with Crippen molar-refractivity contribution in [2.75, 3.05) is 39.6 Å². The molecule has 1 aromatic carbocycles. The Labute approximate surface area is 136 Å². The highest BCUT2D eigenvalue weighted by atomic mass is 32.2. The fraction of sp³-hybridized carbons (Fsp3) is 0.538. The molecule has 0 unspecified atom stereocenters. The Morgan fingerprint density at radius 3 is 2.39 bits per heavy atom. The van der Waals surface area contributed by atoms with Crippen molar-refractivity contribution in [3.05, 3.63) is 29.6 Å². The van der Waals surface area contributed by atoms with Gasteiger partial charge in [-0.25, -0.2) is 25.9 Å². The molecule has 1 N–H and O–H groups in total. The molecule has 0 saturated heterocycles. The van der Waals surface area contributed by atoms with Gasteiger partial charge < -0.3 is 4.74 Å². The fourth-order valence-corrected chi connectivity index (χ4v) is 3.74. The second-order valence-electron chi connectivity index (χ2n) is 4.96. The van der Waals surface area contributed by atoms with Crippen LogP contribution in [0.1, 0.15) is 5.56 Å². The number of nitrogens with one attached hydrogen (secondary N) is 1. The zero-order valence-corrected chi connectivity index (χ0v) is 14.9. The van der Waals surface area contributed by atoms with Crippen molar-refractivity contribution in [2.45, 2.75) is 11.8 Å². The van der Waals surface area contributed by atoms with Gasteiger partial charge in [-0.2, -0.15) is 4.31 Å². The third-order valence-electron chi connectivity index (χ3n) is 3.11. The van der Waals surface area contributed by atoms with Crippen LogP contribution in [0.5, 0.6) is 0 Å². The highest BCUT2D eigenvalue weighted by molar-refractivity contribution is 7.89. The lowest BCUT2D eigenvalue weighted by molar-refractivity contribution is 0.179. The Morgan fingerprint density at radius 1 is 1.22 bits per heavy atom. The number of benzene rings is 1. The number of rotatable bonds is 9. The molecule has 0 saturated carbocycles. The van der Waals surface area contributed by atoms with Gasteiger partial charge in [0.2, 0.25) is 20.0 Å². The quantitative estimate of drug-likeness (QED) is 0.678. The first-order valence-electron chi connectivity index (χ1n) is 6.78. The van der Waals surface area contributed by atoms with E-state index in [1.807, 2.05) is 0 Å². The van der Waals surface area contributed by atoms with Gasteiger partial charge in [0.25, 0.3) is 0 Å². The van der Waals surface area contributed by atoms with Crippen molar-refractivity contribution < 1.29 is 26.0 Å². The van der Waals surface area contributed by atoms with E-state index in [1.54, 1.807) is 0 Å². The molecule has 0 bridgehead atoms. The zero-order valence-electron chi connectivity index (χ0n) is 13.2. The maximum atomic E-state index is 13.2. The van der Waals surface area contributed by atoms with Crippen LogP contribution in [0.15, 0.2) is 23.1 Å². The molecule has 0 aliphatic heterocycles. The van der Waals surface area contributed by atoms with E-state index < -0.39 is 25.9 Å². The van der Waals surface area contributed by atoms with Gasteiger partial charge >= 0.3 is 0 Å². The smallest absolute Gasteiger partial charge is 0.240 e. The van der Waals surface area contributed by atoms with Crippen LogP contribution >= 0.6 is 0 Å². The van der Waals surface area contributed by atoms with E-state index in [9.17, 15) is 21.2 Å². The van der Waals surface area contributed by atoms with E-state index in [-0.39, 0.29) is 36.7 Å². The third-order valence-corrected chi connectivity index (χ3v) is 5.87. The highest BCUT2D eigenvalue weighted by Crippen LogP contribution is 2.13. The van der Waals surface area contributed by atoms with Crippen molar-refractivity contribution in [3.8, 4) is 0 Å². The normalized spacial score (nSPS) is 12.7. The van der Waals surface area contributed by atoms with Crippen LogP contribution in [0, 0.1) is 12.7 Å². The Bertz CT molecular complexity index is 735. The maximum Gasteiger partial charge on any atom is 0.240 e. The van der Waals surface area contributed by atoms with E-state index in [2.05, 4.69) is 4.72 Å². The lowest BCUT2D eigenvalue weighted by Crippen LogP contribution is -2.39. The van der Waals surface area contributed by atoms with Crippen LogP contribution in [0.4, 0.5) is 4.39 Å². The first-order valence-corrected chi connectivity index (χ1v) is 10.1. The molecule has 0 aromatic heterocycles. The summed E-state index contributed by atoms with van der Waals surface area (Å²) in [5.41, 5.74) is 0.214. The molecular formula is C13H21FN2O5S2. The van der Waals surface area contributed by atoms with E-state index >= 15 is 0 Å². The molecule has 0 aliphatic carbocycles. The van der Waals surface area contributed by atoms with Crippen LogP contribution in [-0.4, -0.2) is 60.7 Å². The molecule has 0 heterocycles. The number of aryl methyl sites for hydroxylation is 1. The number of methoxy groups -OCH3 is 1. The van der Waals surface area contributed by atoms with Crippen molar-refractivity contribution in [2.24, 2.45) is 0 Å². The Balaban J connectivity index is 2.73. The number of sulfonamides is 2. The summed E-state index contributed by atoms with van der Waals surface area (Å²) < 4.78 is 68.9. The Hall–Kier alpha value is -1.07. The SMILES string of the molecule is COCCN(CCNS(=O)(=O)c1ccc(F)c(C)c1)S(C)(=O)=O. The van der Waals surface area contributed by atoms with Gasteiger partial charge in [0, 0.05) is 26.7 Å². The molecular weight excluding hydrogens is 347 g/mol. The van der Waals surface area contributed by atoms with Gasteiger partial charge in [-0.3, -0.25) is 0 Å². The first kappa shape index (κ1) is 20.0. The average Bonchev–Trinajstić information content (AvgIpc) is 2.44. The molecule has 0 atom stereocenters. The average molecular weight is 368 g/mol. The minimum absolute atomic E-state index is 0.0262. The van der Waals surface area contributed by atoms with E-state index in [4.69, 9.17) is 4.74 Å². The maximum absolute atomic E-state index is 13.2. The van der Waals surface area contributed by atoms with Gasteiger partial charge in [0.05, 0.1) is 17.8 Å². The molecule has 0 aliphatic rings. The summed E-state index contributed by atoms with van der Waals surface area (Å²) in [4.78, 5) is -0.0702. The summed E-state index contributed by atoms with van der Waals surface area (Å²) in [5.74, 6) is -0.494. The molecule has 0 spiro atoms. The number of halogens is 1. The second-order valence-corrected chi connectivity index (χ2v) is 8.71. The van der Waals surface area contributed by atoms with E-state index in [1.165, 1.54) is 20.1 Å². The summed E-state index contributed by atoms with van der Waals surface area (Å²) >= 11 is 0. The molecule has 7 nitrogen and oxygen atoms in total. The Morgan fingerprint density at radius 2 is 1.87 bits per heavy atom. The van der Waals surface area contributed by atoms with Crippen LogP contribution in [0.2, 0.25) is 0 Å². The van der Waals surface area contributed by atoms with Crippen LogP contribution in [-0.2, 0) is 24.8 Å². The Kier molecular flexibility index (Phi) is 7.08. The topological polar surface area (TPSA) is 92.8 Å². The van der Waals surface area contributed by atoms with Crippen LogP contribution < -0.4 is 4.72 Å². The summed E-state index contributed by atoms with van der Waals surface area (Å²) in [6, 6.07) is 3.45. The first-order chi connectivity index (χ1) is 10.6. The number of hydrogen-bond acceptors (Lipinski definition) is 5. The zero-order chi connectivity index (χ0) is 17.7. The van der Waals surface area contributed by atoms with Gasteiger partial charge in [-0.05, 0) is 30.7 Å².